The molecule has 0 unspecified atom stereocenters. The van der Waals surface area contributed by atoms with Crippen LogP contribution in [0.15, 0.2) is 42.3 Å². The van der Waals surface area contributed by atoms with Gasteiger partial charge in [-0.1, -0.05) is 43.5 Å². The molecule has 1 aromatic carbocycles. The minimum absolute atomic E-state index is 0.108. The summed E-state index contributed by atoms with van der Waals surface area (Å²) in [4.78, 5) is 12.4. The highest BCUT2D eigenvalue weighted by Gasteiger charge is 2.17. The number of nitrogens with zero attached hydrogens (tertiary/aromatic N) is 2. The van der Waals surface area contributed by atoms with Gasteiger partial charge in [0.2, 0.25) is 0 Å². The number of benzene rings is 1. The Balaban J connectivity index is 2.78. The summed E-state index contributed by atoms with van der Waals surface area (Å²) >= 11 is 0. The lowest BCUT2D eigenvalue weighted by Gasteiger charge is -2.16. The van der Waals surface area contributed by atoms with Crippen molar-refractivity contribution in [3.8, 4) is 16.9 Å². The maximum absolute atomic E-state index is 12.4. The van der Waals surface area contributed by atoms with Gasteiger partial charge in [-0.15, -0.1) is 0 Å². The van der Waals surface area contributed by atoms with E-state index in [1.807, 2.05) is 32.0 Å². The van der Waals surface area contributed by atoms with Gasteiger partial charge in [-0.05, 0) is 30.5 Å². The molecule has 4 nitrogen and oxygen atoms in total. The molecule has 0 spiro atoms. The number of hydrogen-bond donors (Lipinski definition) is 0. The Morgan fingerprint density at radius 1 is 1.23 bits per heavy atom. The van der Waals surface area contributed by atoms with Gasteiger partial charge in [-0.3, -0.25) is 4.79 Å². The molecule has 0 radical (unpaired) electrons. The highest BCUT2D eigenvalue weighted by atomic mass is 16.5. The number of aromatic nitrogens is 2. The summed E-state index contributed by atoms with van der Waals surface area (Å²) in [5.41, 5.74) is 3.11. The SMILES string of the molecule is C=Cc1cccc(-c2cnn(C)c(=O)c2OC(C)C)c1C=C. The van der Waals surface area contributed by atoms with Crippen molar-refractivity contribution in [2.45, 2.75) is 20.0 Å². The van der Waals surface area contributed by atoms with E-state index < -0.39 is 0 Å². The summed E-state index contributed by atoms with van der Waals surface area (Å²) in [7, 11) is 1.61. The molecule has 2 rings (SSSR count). The summed E-state index contributed by atoms with van der Waals surface area (Å²) < 4.78 is 7.02. The van der Waals surface area contributed by atoms with Crippen LogP contribution in [-0.4, -0.2) is 15.9 Å². The van der Waals surface area contributed by atoms with E-state index in [1.54, 1.807) is 25.4 Å². The van der Waals surface area contributed by atoms with Gasteiger partial charge < -0.3 is 4.74 Å². The third-order valence-electron chi connectivity index (χ3n) is 3.30. The topological polar surface area (TPSA) is 44.1 Å². The van der Waals surface area contributed by atoms with Crippen molar-refractivity contribution in [1.29, 1.82) is 0 Å². The molecule has 0 fully saturated rings. The van der Waals surface area contributed by atoms with E-state index in [0.717, 1.165) is 16.7 Å². The molecule has 114 valence electrons. The molecule has 0 atom stereocenters. The fourth-order valence-electron chi connectivity index (χ4n) is 2.28. The Hall–Kier alpha value is -2.62. The van der Waals surface area contributed by atoms with Crippen molar-refractivity contribution in [1.82, 2.24) is 9.78 Å². The molecule has 2 aromatic rings. The fourth-order valence-corrected chi connectivity index (χ4v) is 2.28. The molecule has 4 heteroatoms. The first-order valence-corrected chi connectivity index (χ1v) is 7.10. The Labute approximate surface area is 130 Å². The van der Waals surface area contributed by atoms with Gasteiger partial charge >= 0.3 is 5.56 Å². The van der Waals surface area contributed by atoms with Crippen LogP contribution >= 0.6 is 0 Å². The van der Waals surface area contributed by atoms with E-state index in [1.165, 1.54) is 4.68 Å². The lowest BCUT2D eigenvalue weighted by Crippen LogP contribution is -2.24. The summed E-state index contributed by atoms with van der Waals surface area (Å²) in [5.74, 6) is 0.303. The standard InChI is InChI=1S/C18H20N2O2/c1-6-13-9-8-10-15(14(13)7-2)16-11-19-20(5)18(21)17(16)22-12(3)4/h6-12H,1-2H2,3-5H3. The predicted octanol–water partition coefficient (Wildman–Crippen LogP) is 3.52. The lowest BCUT2D eigenvalue weighted by atomic mass is 9.96. The quantitative estimate of drug-likeness (QED) is 0.848. The first-order valence-electron chi connectivity index (χ1n) is 7.10. The van der Waals surface area contributed by atoms with Crippen molar-refractivity contribution in [2.75, 3.05) is 0 Å². The predicted molar refractivity (Wildman–Crippen MR) is 90.9 cm³/mol. The average Bonchev–Trinajstić information content (AvgIpc) is 2.51. The Bertz CT molecular complexity index is 773. The molecule has 22 heavy (non-hydrogen) atoms. The first kappa shape index (κ1) is 15.8. The maximum Gasteiger partial charge on any atom is 0.309 e. The fraction of sp³-hybridized carbons (Fsp3) is 0.222. The second-order valence-electron chi connectivity index (χ2n) is 5.20. The molecule has 0 amide bonds. The zero-order valence-corrected chi connectivity index (χ0v) is 13.2. The Morgan fingerprint density at radius 3 is 2.55 bits per heavy atom. The second kappa shape index (κ2) is 6.43. The molecular weight excluding hydrogens is 276 g/mol. The zero-order chi connectivity index (χ0) is 16.3. The van der Waals surface area contributed by atoms with Crippen molar-refractivity contribution in [2.24, 2.45) is 7.05 Å². The highest BCUT2D eigenvalue weighted by Crippen LogP contribution is 2.32. The van der Waals surface area contributed by atoms with E-state index in [4.69, 9.17) is 4.74 Å². The highest BCUT2D eigenvalue weighted by molar-refractivity contribution is 5.82. The number of ether oxygens (including phenoxy) is 1. The normalized spacial score (nSPS) is 10.5. The zero-order valence-electron chi connectivity index (χ0n) is 13.2. The van der Waals surface area contributed by atoms with Gasteiger partial charge in [0, 0.05) is 7.05 Å². The maximum atomic E-state index is 12.4. The molecule has 0 aliphatic heterocycles. The van der Waals surface area contributed by atoms with Gasteiger partial charge in [0.25, 0.3) is 0 Å². The molecule has 1 heterocycles. The van der Waals surface area contributed by atoms with Crippen LogP contribution in [0.2, 0.25) is 0 Å². The van der Waals surface area contributed by atoms with Crippen LogP contribution < -0.4 is 10.3 Å². The number of hydrogen-bond acceptors (Lipinski definition) is 3. The van der Waals surface area contributed by atoms with Gasteiger partial charge in [0.1, 0.15) is 0 Å². The van der Waals surface area contributed by atoms with E-state index in [-0.39, 0.29) is 11.7 Å². The Kier molecular flexibility index (Phi) is 4.61. The molecule has 0 aliphatic rings. The molecule has 0 saturated heterocycles. The van der Waals surface area contributed by atoms with Crippen LogP contribution in [0.4, 0.5) is 0 Å². The number of rotatable bonds is 5. The Morgan fingerprint density at radius 2 is 1.95 bits per heavy atom. The molecular formula is C18H20N2O2. The monoisotopic (exact) mass is 296 g/mol. The molecule has 0 saturated carbocycles. The summed E-state index contributed by atoms with van der Waals surface area (Å²) in [5, 5.41) is 4.12. The molecule has 0 bridgehead atoms. The van der Waals surface area contributed by atoms with E-state index in [9.17, 15) is 4.79 Å². The smallest absolute Gasteiger partial charge is 0.309 e. The van der Waals surface area contributed by atoms with Crippen LogP contribution in [0.5, 0.6) is 5.75 Å². The molecule has 1 aromatic heterocycles. The van der Waals surface area contributed by atoms with E-state index in [0.29, 0.717) is 11.3 Å². The third-order valence-corrected chi connectivity index (χ3v) is 3.30. The largest absolute Gasteiger partial charge is 0.485 e. The van der Waals surface area contributed by atoms with Crippen LogP contribution in [0.1, 0.15) is 25.0 Å². The minimum atomic E-state index is -0.259. The van der Waals surface area contributed by atoms with Gasteiger partial charge in [0.15, 0.2) is 5.75 Å². The van der Waals surface area contributed by atoms with Crippen LogP contribution in [0.3, 0.4) is 0 Å². The third kappa shape index (κ3) is 2.86. The van der Waals surface area contributed by atoms with Crippen molar-refractivity contribution < 1.29 is 4.74 Å². The molecule has 0 aliphatic carbocycles. The van der Waals surface area contributed by atoms with E-state index in [2.05, 4.69) is 18.3 Å². The minimum Gasteiger partial charge on any atom is -0.485 e. The van der Waals surface area contributed by atoms with E-state index >= 15 is 0 Å². The van der Waals surface area contributed by atoms with Crippen molar-refractivity contribution >= 4 is 12.2 Å². The van der Waals surface area contributed by atoms with Crippen molar-refractivity contribution in [3.05, 3.63) is 59.0 Å². The summed E-state index contributed by atoms with van der Waals surface area (Å²) in [6.07, 6.45) is 5.05. The van der Waals surface area contributed by atoms with Crippen molar-refractivity contribution in [3.63, 3.8) is 0 Å². The van der Waals surface area contributed by atoms with Crippen LogP contribution in [0, 0.1) is 0 Å². The first-order chi connectivity index (χ1) is 10.5. The van der Waals surface area contributed by atoms with Gasteiger partial charge in [0.05, 0.1) is 17.9 Å². The molecule has 0 N–H and O–H groups in total. The summed E-state index contributed by atoms with van der Waals surface area (Å²) in [6.45, 7) is 11.5. The summed E-state index contributed by atoms with van der Waals surface area (Å²) in [6, 6.07) is 5.79. The van der Waals surface area contributed by atoms with Crippen LogP contribution in [0.25, 0.3) is 23.3 Å². The van der Waals surface area contributed by atoms with Gasteiger partial charge in [-0.2, -0.15) is 5.10 Å². The number of aryl methyl sites for hydroxylation is 1. The lowest BCUT2D eigenvalue weighted by molar-refractivity contribution is 0.237. The average molecular weight is 296 g/mol. The second-order valence-corrected chi connectivity index (χ2v) is 5.20. The van der Waals surface area contributed by atoms with Gasteiger partial charge in [-0.25, -0.2) is 4.68 Å². The van der Waals surface area contributed by atoms with Crippen LogP contribution in [-0.2, 0) is 7.05 Å².